The fourth-order valence-electron chi connectivity index (χ4n) is 5.40. The Labute approximate surface area is 305 Å². The molecule has 0 radical (unpaired) electrons. The molecule has 6 rings (SSSR count). The molecule has 2 nitrogen and oxygen atoms in total. The number of hydrogen-bond donors (Lipinski definition) is 1. The second-order valence-corrected chi connectivity index (χ2v) is 15.1. The first-order valence-electron chi connectivity index (χ1n) is 16.4. The van der Waals surface area contributed by atoms with Crippen LogP contribution in [0.2, 0.25) is 0 Å². The van der Waals surface area contributed by atoms with E-state index in [4.69, 9.17) is 0 Å². The van der Waals surface area contributed by atoms with Gasteiger partial charge in [0.05, 0.1) is 0 Å². The standard InChI is InChI=1S/C21H27NO.C18H15P.C6H5.Ni/c1-13-11-17(20(23)18(12-13)21(5,6)7)16(4)22-19-14(2)9-8-10-15(19)3;1-4-10-16(11-5-1)19(17-12-6-2-7-13-17)18-14-8-3-9-15-18;1-2-4-6-5-3-1;/h8-12,22H,1-7H3;1-15H;1-5H;/q;;-1;/b17-16-;;;. The molecule has 0 bridgehead atoms. The van der Waals surface area contributed by atoms with E-state index in [1.54, 1.807) is 0 Å². The molecule has 0 aliphatic heterocycles. The van der Waals surface area contributed by atoms with Crippen molar-refractivity contribution in [3.63, 3.8) is 0 Å². The number of Topliss-reactive ketones (excluding diaryl/α,β-unsaturated/α-hetero) is 1. The van der Waals surface area contributed by atoms with Crippen LogP contribution in [0.4, 0.5) is 5.69 Å². The van der Waals surface area contributed by atoms with Crippen LogP contribution >= 0.6 is 7.92 Å². The number of aryl methyl sites for hydroxylation is 2. The summed E-state index contributed by atoms with van der Waals surface area (Å²) in [6.07, 6.45) is 3.99. The number of carbonyl (C=O) groups excluding carboxylic acids is 1. The first-order valence-corrected chi connectivity index (χ1v) is 17.8. The molecule has 0 amide bonds. The molecule has 4 heteroatoms. The Kier molecular flexibility index (Phi) is 15.2. The SMILES string of the molecule is CC1=C/C(=C(\C)Nc2c(C)cccc2C)C(=O)C(C(C)(C)C)=C1.[Ni].[c-]1ccccc1.c1ccc(P(c2ccccc2)c2ccccc2)cc1. The van der Waals surface area contributed by atoms with Crippen LogP contribution in [0, 0.1) is 25.3 Å². The fraction of sp³-hybridized carbons (Fsp3) is 0.178. The van der Waals surface area contributed by atoms with Crippen molar-refractivity contribution in [3.05, 3.63) is 191 Å². The molecule has 254 valence electrons. The van der Waals surface area contributed by atoms with Gasteiger partial charge in [0.2, 0.25) is 0 Å². The summed E-state index contributed by atoms with van der Waals surface area (Å²) in [5, 5.41) is 7.65. The second kappa shape index (κ2) is 19.0. The minimum absolute atomic E-state index is 0. The summed E-state index contributed by atoms with van der Waals surface area (Å²) in [5.41, 5.74) is 6.95. The summed E-state index contributed by atoms with van der Waals surface area (Å²) in [4.78, 5) is 12.9. The smallest absolute Gasteiger partial charge is 0.191 e. The number of benzene rings is 5. The maximum absolute atomic E-state index is 12.9. The van der Waals surface area contributed by atoms with Crippen molar-refractivity contribution in [3.8, 4) is 0 Å². The van der Waals surface area contributed by atoms with Gasteiger partial charge in [-0.05, 0) is 79.7 Å². The van der Waals surface area contributed by atoms with Crippen molar-refractivity contribution in [2.45, 2.75) is 48.5 Å². The molecule has 0 aromatic heterocycles. The topological polar surface area (TPSA) is 29.1 Å². The molecule has 5 aromatic rings. The molecule has 1 N–H and O–H groups in total. The number of nitrogens with one attached hydrogen (secondary N) is 1. The van der Waals surface area contributed by atoms with Gasteiger partial charge in [-0.25, -0.2) is 0 Å². The van der Waals surface area contributed by atoms with Gasteiger partial charge in [-0.15, -0.1) is 0 Å². The van der Waals surface area contributed by atoms with Crippen molar-refractivity contribution in [1.29, 1.82) is 0 Å². The number of para-hydroxylation sites is 1. The van der Waals surface area contributed by atoms with E-state index in [9.17, 15) is 4.79 Å². The zero-order chi connectivity index (χ0) is 34.5. The molecule has 5 aromatic carbocycles. The summed E-state index contributed by atoms with van der Waals surface area (Å²) in [5.74, 6) is 0.124. The fourth-order valence-corrected chi connectivity index (χ4v) is 7.70. The van der Waals surface area contributed by atoms with E-state index in [2.05, 4.69) is 155 Å². The Morgan fingerprint density at radius 1 is 0.612 bits per heavy atom. The number of rotatable bonds is 5. The van der Waals surface area contributed by atoms with Crippen LogP contribution in [0.5, 0.6) is 0 Å². The van der Waals surface area contributed by atoms with Crippen LogP contribution in [0.25, 0.3) is 0 Å². The first kappa shape index (κ1) is 39.2. The minimum atomic E-state index is -0.446. The maximum atomic E-state index is 12.9. The predicted molar refractivity (Wildman–Crippen MR) is 209 cm³/mol. The number of hydrogen-bond acceptors (Lipinski definition) is 2. The van der Waals surface area contributed by atoms with Gasteiger partial charge in [-0.3, -0.25) is 4.79 Å². The van der Waals surface area contributed by atoms with E-state index < -0.39 is 7.92 Å². The number of ketones is 1. The molecule has 1 aliphatic carbocycles. The molecule has 0 atom stereocenters. The van der Waals surface area contributed by atoms with E-state index in [0.29, 0.717) is 0 Å². The van der Waals surface area contributed by atoms with Gasteiger partial charge in [0.25, 0.3) is 0 Å². The average molecular weight is 708 g/mol. The summed E-state index contributed by atoms with van der Waals surface area (Å²) in [7, 11) is -0.446. The van der Waals surface area contributed by atoms with E-state index in [1.807, 2.05) is 56.3 Å². The normalized spacial score (nSPS) is 13.3. The first-order chi connectivity index (χ1) is 23.1. The Balaban J connectivity index is 0.000000225. The summed E-state index contributed by atoms with van der Waals surface area (Å²) in [6, 6.07) is 51.0. The zero-order valence-electron chi connectivity index (χ0n) is 29.6. The van der Waals surface area contributed by atoms with Crippen LogP contribution in [0.3, 0.4) is 0 Å². The Morgan fingerprint density at radius 2 is 1.04 bits per heavy atom. The Hall–Kier alpha value is -4.29. The van der Waals surface area contributed by atoms with Gasteiger partial charge >= 0.3 is 0 Å². The van der Waals surface area contributed by atoms with Crippen molar-refractivity contribution in [2.75, 3.05) is 5.32 Å². The third-order valence-corrected chi connectivity index (χ3v) is 10.3. The minimum Gasteiger partial charge on any atom is -0.358 e. The van der Waals surface area contributed by atoms with Gasteiger partial charge in [-0.2, -0.15) is 36.4 Å². The van der Waals surface area contributed by atoms with Gasteiger partial charge in [0, 0.05) is 39.0 Å². The molecule has 0 saturated carbocycles. The second-order valence-electron chi connectivity index (χ2n) is 12.9. The molecule has 49 heavy (non-hydrogen) atoms. The third-order valence-electron chi connectivity index (χ3n) is 7.89. The zero-order valence-corrected chi connectivity index (χ0v) is 31.5. The molecule has 0 fully saturated rings. The van der Waals surface area contributed by atoms with Crippen molar-refractivity contribution >= 4 is 35.3 Å². The third kappa shape index (κ3) is 11.4. The summed E-state index contributed by atoms with van der Waals surface area (Å²) >= 11 is 0. The Bertz CT molecular complexity index is 1720. The monoisotopic (exact) mass is 706 g/mol. The van der Waals surface area contributed by atoms with Gasteiger partial charge in [0.15, 0.2) is 5.78 Å². The molecule has 0 spiro atoms. The van der Waals surface area contributed by atoms with Crippen molar-refractivity contribution in [1.82, 2.24) is 0 Å². The number of anilines is 1. The summed E-state index contributed by atoms with van der Waals surface area (Å²) < 4.78 is 0. The van der Waals surface area contributed by atoms with Crippen LogP contribution in [-0.4, -0.2) is 5.78 Å². The molecular formula is C45H47NNiOP-. The molecule has 0 heterocycles. The van der Waals surface area contributed by atoms with E-state index in [0.717, 1.165) is 28.1 Å². The largest absolute Gasteiger partial charge is 0.358 e. The van der Waals surface area contributed by atoms with Gasteiger partial charge in [-0.1, -0.05) is 136 Å². The van der Waals surface area contributed by atoms with Gasteiger partial charge in [0.1, 0.15) is 0 Å². The van der Waals surface area contributed by atoms with Crippen LogP contribution in [0.15, 0.2) is 174 Å². The van der Waals surface area contributed by atoms with E-state index in [-0.39, 0.29) is 27.7 Å². The van der Waals surface area contributed by atoms with Crippen LogP contribution in [-0.2, 0) is 21.3 Å². The van der Waals surface area contributed by atoms with Crippen LogP contribution in [0.1, 0.15) is 45.7 Å². The van der Waals surface area contributed by atoms with Gasteiger partial charge < -0.3 is 5.32 Å². The van der Waals surface area contributed by atoms with Crippen molar-refractivity contribution < 1.29 is 21.3 Å². The van der Waals surface area contributed by atoms with Crippen molar-refractivity contribution in [2.24, 2.45) is 5.41 Å². The quantitative estimate of drug-likeness (QED) is 0.0853. The molecule has 0 saturated heterocycles. The number of carbonyl (C=O) groups is 1. The molecule has 0 unspecified atom stereocenters. The van der Waals surface area contributed by atoms with E-state index >= 15 is 0 Å². The molecular weight excluding hydrogens is 660 g/mol. The summed E-state index contributed by atoms with van der Waals surface area (Å²) in [6.45, 7) is 14.4. The average Bonchev–Trinajstić information content (AvgIpc) is 3.10. The maximum Gasteiger partial charge on any atom is 0.191 e. The number of allylic oxidation sites excluding steroid dienone is 6. The molecule has 1 aliphatic rings. The van der Waals surface area contributed by atoms with E-state index in [1.165, 1.54) is 27.0 Å². The predicted octanol–water partition coefficient (Wildman–Crippen LogP) is 10.4. The Morgan fingerprint density at radius 3 is 1.41 bits per heavy atom. The van der Waals surface area contributed by atoms with Crippen LogP contribution < -0.4 is 21.2 Å².